The molecule has 0 aromatic carbocycles. The van der Waals surface area contributed by atoms with Crippen molar-refractivity contribution in [3.8, 4) is 17.0 Å². The van der Waals surface area contributed by atoms with E-state index in [0.29, 0.717) is 12.5 Å². The third kappa shape index (κ3) is 2.33. The third-order valence-electron chi connectivity index (χ3n) is 3.63. The largest absolute Gasteiger partial charge is 0.488 e. The number of aromatic nitrogens is 2. The zero-order chi connectivity index (χ0) is 14.1. The second-order valence-corrected chi connectivity index (χ2v) is 5.44. The highest BCUT2D eigenvalue weighted by molar-refractivity contribution is 5.66. The molecule has 0 amide bonds. The summed E-state index contributed by atoms with van der Waals surface area (Å²) in [5.41, 5.74) is 3.23. The van der Waals surface area contributed by atoms with Crippen LogP contribution in [0.4, 0.5) is 5.82 Å². The van der Waals surface area contributed by atoms with Crippen LogP contribution in [0.15, 0.2) is 30.6 Å². The number of nitrogens with zero attached hydrogens (tertiary/aromatic N) is 3. The number of likely N-dealkylation sites (N-methyl/N-ethyl adjacent to an activating group) is 1. The van der Waals surface area contributed by atoms with E-state index in [0.717, 1.165) is 29.4 Å². The van der Waals surface area contributed by atoms with Gasteiger partial charge in [0, 0.05) is 25.0 Å². The predicted octanol–water partition coefficient (Wildman–Crippen LogP) is 3.10. The lowest BCUT2D eigenvalue weighted by atomic mass is 10.0. The van der Waals surface area contributed by atoms with Gasteiger partial charge in [0.05, 0.1) is 12.2 Å². The van der Waals surface area contributed by atoms with Gasteiger partial charge in [-0.3, -0.25) is 4.98 Å². The van der Waals surface area contributed by atoms with Crippen molar-refractivity contribution in [2.75, 3.05) is 25.1 Å². The van der Waals surface area contributed by atoms with E-state index < -0.39 is 0 Å². The molecule has 104 valence electrons. The first-order chi connectivity index (χ1) is 9.65. The monoisotopic (exact) mass is 269 g/mol. The van der Waals surface area contributed by atoms with Crippen LogP contribution in [0.1, 0.15) is 25.3 Å². The Bertz CT molecular complexity index is 625. The normalized spacial score (nSPS) is 14.1. The van der Waals surface area contributed by atoms with Crippen LogP contribution in [0.5, 0.6) is 5.75 Å². The summed E-state index contributed by atoms with van der Waals surface area (Å²) in [7, 11) is 2.03. The van der Waals surface area contributed by atoms with Crippen molar-refractivity contribution in [1.29, 1.82) is 0 Å². The quantitative estimate of drug-likeness (QED) is 0.839. The number of pyridine rings is 2. The number of fused-ring (bicyclic) bond motifs is 1. The van der Waals surface area contributed by atoms with Crippen LogP contribution in [0.3, 0.4) is 0 Å². The average Bonchev–Trinajstić information content (AvgIpc) is 2.47. The molecule has 4 heteroatoms. The zero-order valence-electron chi connectivity index (χ0n) is 12.1. The van der Waals surface area contributed by atoms with Gasteiger partial charge in [-0.05, 0) is 29.7 Å². The first-order valence-corrected chi connectivity index (χ1v) is 6.95. The fourth-order valence-corrected chi connectivity index (χ4v) is 2.33. The molecule has 1 aliphatic heterocycles. The predicted molar refractivity (Wildman–Crippen MR) is 80.3 cm³/mol. The maximum atomic E-state index is 5.70. The van der Waals surface area contributed by atoms with Gasteiger partial charge in [-0.1, -0.05) is 13.8 Å². The highest BCUT2D eigenvalue weighted by Gasteiger charge is 2.17. The highest BCUT2D eigenvalue weighted by atomic mass is 16.5. The summed E-state index contributed by atoms with van der Waals surface area (Å²) in [6, 6.07) is 6.22. The van der Waals surface area contributed by atoms with E-state index in [9.17, 15) is 0 Å². The Morgan fingerprint density at radius 1 is 1.25 bits per heavy atom. The van der Waals surface area contributed by atoms with Crippen molar-refractivity contribution in [3.05, 3.63) is 36.2 Å². The van der Waals surface area contributed by atoms with Crippen molar-refractivity contribution in [2.24, 2.45) is 0 Å². The summed E-state index contributed by atoms with van der Waals surface area (Å²) >= 11 is 0. The standard InChI is InChI=1S/C16H19N3O/c1-11(2)12-4-5-17-14(8-12)13-9-15-16(18-10-13)19(3)6-7-20-15/h4-5,8-11H,6-7H2,1-3H3. The molecule has 4 nitrogen and oxygen atoms in total. The molecule has 1 aliphatic rings. The Kier molecular flexibility index (Phi) is 3.30. The van der Waals surface area contributed by atoms with Gasteiger partial charge in [-0.25, -0.2) is 4.98 Å². The molecular formula is C16H19N3O. The molecule has 0 fully saturated rings. The number of rotatable bonds is 2. The molecule has 3 rings (SSSR count). The van der Waals surface area contributed by atoms with Crippen molar-refractivity contribution in [2.45, 2.75) is 19.8 Å². The maximum absolute atomic E-state index is 5.70. The average molecular weight is 269 g/mol. The Labute approximate surface area is 119 Å². The number of ether oxygens (including phenoxy) is 1. The molecule has 0 saturated carbocycles. The summed E-state index contributed by atoms with van der Waals surface area (Å²) in [6.45, 7) is 5.94. The highest BCUT2D eigenvalue weighted by Crippen LogP contribution is 2.32. The lowest BCUT2D eigenvalue weighted by Crippen LogP contribution is -2.29. The molecule has 0 bridgehead atoms. The van der Waals surface area contributed by atoms with Gasteiger partial charge in [0.15, 0.2) is 11.6 Å². The minimum Gasteiger partial charge on any atom is -0.488 e. The van der Waals surface area contributed by atoms with Gasteiger partial charge in [0.2, 0.25) is 0 Å². The molecule has 20 heavy (non-hydrogen) atoms. The Hall–Kier alpha value is -2.10. The fraction of sp³-hybridized carbons (Fsp3) is 0.375. The van der Waals surface area contributed by atoms with Crippen LogP contribution >= 0.6 is 0 Å². The topological polar surface area (TPSA) is 38.3 Å². The van der Waals surface area contributed by atoms with Crippen LogP contribution in [-0.4, -0.2) is 30.2 Å². The fourth-order valence-electron chi connectivity index (χ4n) is 2.33. The van der Waals surface area contributed by atoms with Crippen LogP contribution in [0, 0.1) is 0 Å². The minimum atomic E-state index is 0.490. The van der Waals surface area contributed by atoms with Crippen molar-refractivity contribution < 1.29 is 4.74 Å². The number of hydrogen-bond acceptors (Lipinski definition) is 4. The first-order valence-electron chi connectivity index (χ1n) is 6.95. The molecule has 0 atom stereocenters. The lowest BCUT2D eigenvalue weighted by Gasteiger charge is -2.26. The van der Waals surface area contributed by atoms with Crippen molar-refractivity contribution in [3.63, 3.8) is 0 Å². The van der Waals surface area contributed by atoms with Crippen LogP contribution < -0.4 is 9.64 Å². The molecule has 2 aromatic rings. The molecule has 0 N–H and O–H groups in total. The maximum Gasteiger partial charge on any atom is 0.171 e. The van der Waals surface area contributed by atoms with Gasteiger partial charge < -0.3 is 9.64 Å². The van der Waals surface area contributed by atoms with E-state index in [-0.39, 0.29) is 0 Å². The molecule has 3 heterocycles. The first kappa shape index (κ1) is 12.9. The second kappa shape index (κ2) is 5.12. The molecule has 2 aromatic heterocycles. The van der Waals surface area contributed by atoms with Gasteiger partial charge in [-0.2, -0.15) is 0 Å². The SMILES string of the molecule is CC(C)c1ccnc(-c2cnc3c(c2)OCCN3C)c1. The summed E-state index contributed by atoms with van der Waals surface area (Å²) in [5, 5.41) is 0. The number of hydrogen-bond donors (Lipinski definition) is 0. The van der Waals surface area contributed by atoms with E-state index in [1.165, 1.54) is 5.56 Å². The smallest absolute Gasteiger partial charge is 0.171 e. The van der Waals surface area contributed by atoms with E-state index >= 15 is 0 Å². The molecule has 0 unspecified atom stereocenters. The van der Waals surface area contributed by atoms with Crippen molar-refractivity contribution >= 4 is 5.82 Å². The van der Waals surface area contributed by atoms with Gasteiger partial charge in [-0.15, -0.1) is 0 Å². The zero-order valence-corrected chi connectivity index (χ0v) is 12.1. The minimum absolute atomic E-state index is 0.490. The van der Waals surface area contributed by atoms with E-state index in [2.05, 4.69) is 40.8 Å². The van der Waals surface area contributed by atoms with Crippen LogP contribution in [0.25, 0.3) is 11.3 Å². The van der Waals surface area contributed by atoms with Gasteiger partial charge in [0.1, 0.15) is 6.61 Å². The van der Waals surface area contributed by atoms with E-state index in [1.807, 2.05) is 25.5 Å². The summed E-state index contributed by atoms with van der Waals surface area (Å²) in [5.74, 6) is 2.23. The molecule has 0 radical (unpaired) electrons. The Balaban J connectivity index is 2.00. The molecule has 0 spiro atoms. The molecular weight excluding hydrogens is 250 g/mol. The Morgan fingerprint density at radius 2 is 2.10 bits per heavy atom. The summed E-state index contributed by atoms with van der Waals surface area (Å²) in [6.07, 6.45) is 3.73. The Morgan fingerprint density at radius 3 is 2.90 bits per heavy atom. The van der Waals surface area contributed by atoms with E-state index in [1.54, 1.807) is 0 Å². The summed E-state index contributed by atoms with van der Waals surface area (Å²) < 4.78 is 5.70. The third-order valence-corrected chi connectivity index (χ3v) is 3.63. The van der Waals surface area contributed by atoms with Crippen molar-refractivity contribution in [1.82, 2.24) is 9.97 Å². The number of anilines is 1. The summed E-state index contributed by atoms with van der Waals surface area (Å²) in [4.78, 5) is 11.1. The van der Waals surface area contributed by atoms with Gasteiger partial charge >= 0.3 is 0 Å². The van der Waals surface area contributed by atoms with E-state index in [4.69, 9.17) is 4.74 Å². The van der Waals surface area contributed by atoms with Gasteiger partial charge in [0.25, 0.3) is 0 Å². The second-order valence-electron chi connectivity index (χ2n) is 5.44. The van der Waals surface area contributed by atoms with Crippen LogP contribution in [0.2, 0.25) is 0 Å². The van der Waals surface area contributed by atoms with Crippen LogP contribution in [-0.2, 0) is 0 Å². The molecule has 0 aliphatic carbocycles. The lowest BCUT2D eigenvalue weighted by molar-refractivity contribution is 0.309. The molecule has 0 saturated heterocycles.